The molecule has 0 aromatic heterocycles. The molecule has 0 spiro atoms. The van der Waals surface area contributed by atoms with E-state index in [2.05, 4.69) is 84.9 Å². The number of nitrogen functional groups attached to an aromatic ring is 6. The van der Waals surface area contributed by atoms with Crippen LogP contribution in [0.25, 0.3) is 0 Å². The zero-order chi connectivity index (χ0) is 43.6. The molecular formula is C50H52N6O2P2Si. The number of rotatable bonds is 8. The fourth-order valence-corrected chi connectivity index (χ4v) is 15.5. The quantitative estimate of drug-likeness (QED) is 0.0477. The molecule has 11 heteroatoms. The van der Waals surface area contributed by atoms with Gasteiger partial charge in [0.25, 0.3) is 0 Å². The average molecular weight is 859 g/mol. The van der Waals surface area contributed by atoms with E-state index in [1.807, 2.05) is 72.8 Å². The van der Waals surface area contributed by atoms with Crippen LogP contribution < -0.4 is 76.4 Å². The topological polar surface area (TPSA) is 190 Å². The maximum atomic E-state index is 12.8. The van der Waals surface area contributed by atoms with E-state index < -0.39 is 22.4 Å². The maximum absolute atomic E-state index is 12.8. The van der Waals surface area contributed by atoms with Gasteiger partial charge in [0.2, 0.25) is 0 Å². The van der Waals surface area contributed by atoms with Crippen LogP contribution >= 0.6 is 14.3 Å². The van der Waals surface area contributed by atoms with E-state index in [-0.39, 0.29) is 0 Å². The average Bonchev–Trinajstić information content (AvgIpc) is 3.27. The molecule has 8 aromatic rings. The summed E-state index contributed by atoms with van der Waals surface area (Å²) in [5.41, 5.74) is 38.8. The predicted molar refractivity (Wildman–Crippen MR) is 268 cm³/mol. The van der Waals surface area contributed by atoms with Gasteiger partial charge < -0.3 is 43.5 Å². The van der Waals surface area contributed by atoms with Crippen molar-refractivity contribution in [1.82, 2.24) is 0 Å². The van der Waals surface area contributed by atoms with Crippen LogP contribution in [-0.4, -0.2) is 21.4 Å². The van der Waals surface area contributed by atoms with Crippen LogP contribution in [0.15, 0.2) is 206 Å². The third-order valence-corrected chi connectivity index (χ3v) is 20.5. The highest BCUT2D eigenvalue weighted by Crippen LogP contribution is 2.40. The van der Waals surface area contributed by atoms with Crippen molar-refractivity contribution in [2.75, 3.05) is 47.7 Å². The van der Waals surface area contributed by atoms with Crippen molar-refractivity contribution < 1.29 is 9.13 Å². The van der Waals surface area contributed by atoms with Crippen LogP contribution in [0.4, 0.5) is 34.1 Å². The largest absolute Gasteiger partial charge is 0.399 e. The number of nitrogens with two attached hydrogens (primary N) is 6. The fourth-order valence-electron chi connectivity index (χ4n) is 7.24. The zero-order valence-electron chi connectivity index (χ0n) is 34.3. The number of hydrogen-bond acceptors (Lipinski definition) is 8. The normalized spacial score (nSPS) is 11.3. The van der Waals surface area contributed by atoms with Crippen LogP contribution in [0.2, 0.25) is 0 Å². The molecular weight excluding hydrogens is 807 g/mol. The minimum atomic E-state index is -2.61. The predicted octanol–water partition coefficient (Wildman–Crippen LogP) is 5.82. The molecule has 0 heterocycles. The first-order chi connectivity index (χ1) is 29.2. The summed E-state index contributed by atoms with van der Waals surface area (Å²) in [6, 6.07) is 67.0. The third-order valence-electron chi connectivity index (χ3n) is 10.6. The van der Waals surface area contributed by atoms with Gasteiger partial charge in [-0.3, -0.25) is 0 Å². The molecule has 0 atom stereocenters. The molecule has 8 aromatic carbocycles. The maximum Gasteiger partial charge on any atom is 0.179 e. The lowest BCUT2D eigenvalue weighted by Crippen LogP contribution is -2.74. The number of hydrogen-bond donors (Lipinski definition) is 6. The molecule has 0 unspecified atom stereocenters. The zero-order valence-corrected chi connectivity index (χ0v) is 37.1. The Morgan fingerprint density at radius 2 is 0.574 bits per heavy atom. The van der Waals surface area contributed by atoms with Crippen molar-refractivity contribution in [2.45, 2.75) is 0 Å². The summed E-state index contributed by atoms with van der Waals surface area (Å²) in [5.74, 6) is 0. The molecule has 8 nitrogen and oxygen atoms in total. The van der Waals surface area contributed by atoms with Gasteiger partial charge in [-0.15, -0.1) is 0 Å². The summed E-state index contributed by atoms with van der Waals surface area (Å²) in [5, 5.41) is 8.40. The van der Waals surface area contributed by atoms with E-state index >= 15 is 0 Å². The van der Waals surface area contributed by atoms with E-state index in [1.165, 1.54) is 20.7 Å². The van der Waals surface area contributed by atoms with Gasteiger partial charge in [0.1, 0.15) is 14.3 Å². The van der Waals surface area contributed by atoms with Crippen molar-refractivity contribution >= 4 is 98.4 Å². The monoisotopic (exact) mass is 858 g/mol. The molecule has 0 aliphatic heterocycles. The minimum absolute atomic E-state index is 0.619. The Balaban J connectivity index is 0.000000160. The van der Waals surface area contributed by atoms with E-state index in [9.17, 15) is 9.13 Å². The lowest BCUT2D eigenvalue weighted by molar-refractivity contribution is 0.589. The summed E-state index contributed by atoms with van der Waals surface area (Å²) in [6.45, 7) is 3.49. The Morgan fingerprint density at radius 3 is 0.885 bits per heavy atom. The first kappa shape index (κ1) is 43.8. The molecule has 0 bridgehead atoms. The lowest BCUT2D eigenvalue weighted by Gasteiger charge is -2.34. The molecule has 0 amide bonds. The van der Waals surface area contributed by atoms with Gasteiger partial charge in [0, 0.05) is 55.3 Å². The summed E-state index contributed by atoms with van der Waals surface area (Å²) < 4.78 is 25.6. The van der Waals surface area contributed by atoms with Crippen molar-refractivity contribution in [3.8, 4) is 0 Å². The molecule has 0 radical (unpaired) electrons. The third kappa shape index (κ3) is 10.2. The van der Waals surface area contributed by atoms with E-state index in [4.69, 9.17) is 34.4 Å². The lowest BCUT2D eigenvalue weighted by atomic mass is 10.3. The van der Waals surface area contributed by atoms with Gasteiger partial charge in [-0.2, -0.15) is 0 Å². The summed E-state index contributed by atoms with van der Waals surface area (Å²) in [6.07, 6.45) is 0. The molecule has 0 saturated carbocycles. The van der Waals surface area contributed by atoms with Gasteiger partial charge in [-0.1, -0.05) is 109 Å². The second-order valence-electron chi connectivity index (χ2n) is 14.9. The molecule has 0 aliphatic rings. The smallest absolute Gasteiger partial charge is 0.179 e. The fraction of sp³-hybridized carbons (Fsp3) is 0.0400. The Hall–Kier alpha value is -6.76. The summed E-state index contributed by atoms with van der Waals surface area (Å²) >= 11 is 0. The van der Waals surface area contributed by atoms with Gasteiger partial charge in [-0.25, -0.2) is 0 Å². The standard InChI is InChI=1S/C24H22N2Si.2C13H15N2OP/c25-19-11-15-23(16-12-19)27(21-7-3-1-4-8-21,22-9-5-2-6-10-22)24-17-13-20(26)14-18-24;1-17(16,12-6-2-10(14)3-7-12)13-8-4-11(15)5-9-13;1-17(16,12-6-2-4-10(14)8-12)13-7-3-5-11(15)9-13/h1-18H,25-26H2;2*2-9H,14-15H2,1H3. The van der Waals surface area contributed by atoms with Gasteiger partial charge in [0.15, 0.2) is 8.07 Å². The van der Waals surface area contributed by atoms with Crippen molar-refractivity contribution in [3.05, 3.63) is 206 Å². The van der Waals surface area contributed by atoms with Crippen LogP contribution in [0.3, 0.4) is 0 Å². The van der Waals surface area contributed by atoms with Crippen LogP contribution in [0.1, 0.15) is 0 Å². The number of anilines is 6. The molecule has 0 aliphatic carbocycles. The Labute approximate surface area is 360 Å². The second kappa shape index (κ2) is 19.1. The van der Waals surface area contributed by atoms with Gasteiger partial charge in [0.05, 0.1) is 0 Å². The van der Waals surface area contributed by atoms with E-state index in [0.29, 0.717) is 22.7 Å². The molecule has 308 valence electrons. The van der Waals surface area contributed by atoms with Gasteiger partial charge in [-0.05, 0) is 131 Å². The molecule has 0 fully saturated rings. The van der Waals surface area contributed by atoms with Crippen molar-refractivity contribution in [1.29, 1.82) is 0 Å². The van der Waals surface area contributed by atoms with Crippen LogP contribution in [0, 0.1) is 0 Å². The van der Waals surface area contributed by atoms with Crippen molar-refractivity contribution in [3.63, 3.8) is 0 Å². The minimum Gasteiger partial charge on any atom is -0.399 e. The Bertz CT molecular complexity index is 2590. The molecule has 0 saturated heterocycles. The van der Waals surface area contributed by atoms with E-state index in [1.54, 1.807) is 61.9 Å². The molecule has 12 N–H and O–H groups in total. The van der Waals surface area contributed by atoms with Crippen molar-refractivity contribution in [2.24, 2.45) is 0 Å². The summed E-state index contributed by atoms with van der Waals surface area (Å²) in [7, 11) is -7.62. The van der Waals surface area contributed by atoms with Crippen LogP contribution in [-0.2, 0) is 9.13 Å². The van der Waals surface area contributed by atoms with E-state index in [0.717, 1.165) is 32.6 Å². The Morgan fingerprint density at radius 1 is 0.295 bits per heavy atom. The SMILES string of the molecule is CP(=O)(c1ccc(N)cc1)c1ccc(N)cc1.CP(=O)(c1cccc(N)c1)c1cccc(N)c1.Nc1ccc([Si](c2ccccc2)(c2ccccc2)c2ccc(N)cc2)cc1. The van der Waals surface area contributed by atoms with Gasteiger partial charge >= 0.3 is 0 Å². The Kier molecular flexibility index (Phi) is 13.7. The molecule has 8 rings (SSSR count). The highest BCUT2D eigenvalue weighted by atomic mass is 31.2. The van der Waals surface area contributed by atoms with Crippen LogP contribution in [0.5, 0.6) is 0 Å². The highest BCUT2D eigenvalue weighted by molar-refractivity contribution is 7.78. The second-order valence-corrected chi connectivity index (χ2v) is 24.5. The highest BCUT2D eigenvalue weighted by Gasteiger charge is 2.41. The first-order valence-corrected chi connectivity index (χ1v) is 25.9. The summed E-state index contributed by atoms with van der Waals surface area (Å²) in [4.78, 5) is 0. The molecule has 61 heavy (non-hydrogen) atoms. The first-order valence-electron chi connectivity index (χ1n) is 19.6. The number of benzene rings is 8.